The molecule has 0 saturated carbocycles. The number of rotatable bonds is 7. The van der Waals surface area contributed by atoms with E-state index in [0.717, 1.165) is 18.8 Å². The van der Waals surface area contributed by atoms with Gasteiger partial charge >= 0.3 is 0 Å². The second kappa shape index (κ2) is 7.31. The first kappa shape index (κ1) is 15.6. The van der Waals surface area contributed by atoms with E-state index in [9.17, 15) is 8.78 Å². The number of imidazole rings is 1. The summed E-state index contributed by atoms with van der Waals surface area (Å²) in [6, 6.07) is 3.91. The van der Waals surface area contributed by atoms with Crippen LogP contribution in [0.25, 0.3) is 0 Å². The summed E-state index contributed by atoms with van der Waals surface area (Å²) in [6.07, 6.45) is 5.66. The molecule has 3 nitrogen and oxygen atoms in total. The third kappa shape index (κ3) is 3.88. The van der Waals surface area contributed by atoms with Gasteiger partial charge in [-0.05, 0) is 32.0 Å². The largest absolute Gasteiger partial charge is 0.335 e. The van der Waals surface area contributed by atoms with Crippen LogP contribution in [-0.4, -0.2) is 22.6 Å². The minimum absolute atomic E-state index is 0.0607. The van der Waals surface area contributed by atoms with Crippen LogP contribution in [0.15, 0.2) is 30.6 Å². The Kier molecular flexibility index (Phi) is 5.44. The molecule has 5 heteroatoms. The first-order chi connectivity index (χ1) is 10.2. The normalized spacial score (nSPS) is 12.6. The van der Waals surface area contributed by atoms with Gasteiger partial charge in [-0.15, -0.1) is 0 Å². The average molecular weight is 293 g/mol. The fourth-order valence-corrected chi connectivity index (χ4v) is 2.44. The number of aromatic nitrogens is 2. The van der Waals surface area contributed by atoms with Gasteiger partial charge in [0.05, 0.1) is 0 Å². The van der Waals surface area contributed by atoms with Crippen LogP contribution in [0.2, 0.25) is 0 Å². The Labute approximate surface area is 124 Å². The van der Waals surface area contributed by atoms with Crippen molar-refractivity contribution in [1.82, 2.24) is 14.9 Å². The SMILES string of the molecule is CCCn1ccnc1CC(Cc1c(F)cccc1F)NC. The third-order valence-electron chi connectivity index (χ3n) is 3.62. The lowest BCUT2D eigenvalue weighted by Gasteiger charge is -2.17. The number of benzene rings is 1. The summed E-state index contributed by atoms with van der Waals surface area (Å²) in [5.41, 5.74) is 0.130. The van der Waals surface area contributed by atoms with Gasteiger partial charge in [0, 0.05) is 37.0 Å². The molecule has 114 valence electrons. The zero-order valence-electron chi connectivity index (χ0n) is 12.4. The molecule has 0 aliphatic carbocycles. The molecule has 1 unspecified atom stereocenters. The molecule has 21 heavy (non-hydrogen) atoms. The molecular formula is C16H21F2N3. The van der Waals surface area contributed by atoms with E-state index in [-0.39, 0.29) is 11.6 Å². The number of nitrogens with one attached hydrogen (secondary N) is 1. The summed E-state index contributed by atoms with van der Waals surface area (Å²) < 4.78 is 29.6. The van der Waals surface area contributed by atoms with Crippen LogP contribution in [0.4, 0.5) is 8.78 Å². The fourth-order valence-electron chi connectivity index (χ4n) is 2.44. The van der Waals surface area contributed by atoms with Gasteiger partial charge in [0.15, 0.2) is 0 Å². The topological polar surface area (TPSA) is 29.9 Å². The van der Waals surface area contributed by atoms with Crippen LogP contribution >= 0.6 is 0 Å². The molecule has 2 rings (SSSR count). The molecular weight excluding hydrogens is 272 g/mol. The molecule has 1 heterocycles. The van der Waals surface area contributed by atoms with Gasteiger partial charge in [0.25, 0.3) is 0 Å². The molecule has 0 aliphatic rings. The Morgan fingerprint density at radius 3 is 2.57 bits per heavy atom. The minimum atomic E-state index is -0.493. The van der Waals surface area contributed by atoms with Crippen molar-refractivity contribution in [2.45, 2.75) is 38.8 Å². The standard InChI is InChI=1S/C16H21F2N3/c1-3-8-21-9-7-20-16(21)11-12(19-2)10-13-14(17)5-4-6-15(13)18/h4-7,9,12,19H,3,8,10-11H2,1-2H3. The van der Waals surface area contributed by atoms with E-state index >= 15 is 0 Å². The maximum atomic E-state index is 13.7. The Bertz CT molecular complexity index is 560. The van der Waals surface area contributed by atoms with Crippen molar-refractivity contribution in [3.63, 3.8) is 0 Å². The first-order valence-corrected chi connectivity index (χ1v) is 7.25. The number of hydrogen-bond acceptors (Lipinski definition) is 2. The highest BCUT2D eigenvalue weighted by Crippen LogP contribution is 2.16. The zero-order chi connectivity index (χ0) is 15.2. The molecule has 1 N–H and O–H groups in total. The number of halogens is 2. The van der Waals surface area contributed by atoms with Crippen molar-refractivity contribution < 1.29 is 8.78 Å². The summed E-state index contributed by atoms with van der Waals surface area (Å²) in [5, 5.41) is 3.13. The molecule has 1 aromatic carbocycles. The van der Waals surface area contributed by atoms with Crippen molar-refractivity contribution in [2.24, 2.45) is 0 Å². The van der Waals surface area contributed by atoms with E-state index in [0.29, 0.717) is 12.8 Å². The molecule has 0 aliphatic heterocycles. The van der Waals surface area contributed by atoms with E-state index in [4.69, 9.17) is 0 Å². The van der Waals surface area contributed by atoms with Gasteiger partial charge in [-0.1, -0.05) is 13.0 Å². The van der Waals surface area contributed by atoms with Crippen molar-refractivity contribution in [1.29, 1.82) is 0 Å². The van der Waals surface area contributed by atoms with E-state index in [1.807, 2.05) is 6.20 Å². The Hall–Kier alpha value is -1.75. The zero-order valence-corrected chi connectivity index (χ0v) is 12.4. The van der Waals surface area contributed by atoms with E-state index < -0.39 is 11.6 Å². The van der Waals surface area contributed by atoms with Crippen molar-refractivity contribution in [3.8, 4) is 0 Å². The second-order valence-electron chi connectivity index (χ2n) is 5.13. The highest BCUT2D eigenvalue weighted by atomic mass is 19.1. The Balaban J connectivity index is 2.11. The van der Waals surface area contributed by atoms with Crippen LogP contribution in [0, 0.1) is 11.6 Å². The van der Waals surface area contributed by atoms with Crippen LogP contribution in [0.3, 0.4) is 0 Å². The summed E-state index contributed by atoms with van der Waals surface area (Å²) in [4.78, 5) is 4.34. The quantitative estimate of drug-likeness (QED) is 0.850. The number of nitrogens with zero attached hydrogens (tertiary/aromatic N) is 2. The maximum absolute atomic E-state index is 13.7. The van der Waals surface area contributed by atoms with Gasteiger partial charge in [0.2, 0.25) is 0 Å². The van der Waals surface area contributed by atoms with Crippen LogP contribution in [-0.2, 0) is 19.4 Å². The Morgan fingerprint density at radius 1 is 1.24 bits per heavy atom. The molecule has 0 fully saturated rings. The maximum Gasteiger partial charge on any atom is 0.129 e. The van der Waals surface area contributed by atoms with Gasteiger partial charge in [-0.2, -0.15) is 0 Å². The van der Waals surface area contributed by atoms with Gasteiger partial charge in [-0.25, -0.2) is 13.8 Å². The predicted octanol–water partition coefficient (Wildman–Crippen LogP) is 2.94. The summed E-state index contributed by atoms with van der Waals surface area (Å²) in [5.74, 6) is -0.0488. The smallest absolute Gasteiger partial charge is 0.129 e. The van der Waals surface area contributed by atoms with Gasteiger partial charge in [0.1, 0.15) is 17.5 Å². The summed E-state index contributed by atoms with van der Waals surface area (Å²) in [6.45, 7) is 3.01. The molecule has 1 atom stereocenters. The van der Waals surface area contributed by atoms with Crippen LogP contribution < -0.4 is 5.32 Å². The molecule has 0 amide bonds. The second-order valence-corrected chi connectivity index (χ2v) is 5.13. The summed E-state index contributed by atoms with van der Waals surface area (Å²) >= 11 is 0. The van der Waals surface area contributed by atoms with Gasteiger partial charge in [-0.3, -0.25) is 0 Å². The Morgan fingerprint density at radius 2 is 1.95 bits per heavy atom. The molecule has 2 aromatic rings. The lowest BCUT2D eigenvalue weighted by Crippen LogP contribution is -2.31. The average Bonchev–Trinajstić information content (AvgIpc) is 2.89. The number of likely N-dealkylation sites (N-methyl/N-ethyl adjacent to an activating group) is 1. The number of aryl methyl sites for hydroxylation is 1. The molecule has 0 saturated heterocycles. The van der Waals surface area contributed by atoms with Crippen LogP contribution in [0.5, 0.6) is 0 Å². The van der Waals surface area contributed by atoms with Crippen molar-refractivity contribution >= 4 is 0 Å². The van der Waals surface area contributed by atoms with E-state index in [1.54, 1.807) is 13.2 Å². The minimum Gasteiger partial charge on any atom is -0.335 e. The molecule has 0 radical (unpaired) electrons. The summed E-state index contributed by atoms with van der Waals surface area (Å²) in [7, 11) is 1.80. The third-order valence-corrected chi connectivity index (χ3v) is 3.62. The van der Waals surface area contributed by atoms with Gasteiger partial charge < -0.3 is 9.88 Å². The van der Waals surface area contributed by atoms with Crippen molar-refractivity contribution in [3.05, 3.63) is 53.6 Å². The lowest BCUT2D eigenvalue weighted by molar-refractivity contribution is 0.486. The fraction of sp³-hybridized carbons (Fsp3) is 0.438. The molecule has 0 bridgehead atoms. The van der Waals surface area contributed by atoms with E-state index in [1.165, 1.54) is 18.2 Å². The molecule has 1 aromatic heterocycles. The lowest BCUT2D eigenvalue weighted by atomic mass is 10.0. The highest BCUT2D eigenvalue weighted by molar-refractivity contribution is 5.21. The first-order valence-electron chi connectivity index (χ1n) is 7.25. The predicted molar refractivity (Wildman–Crippen MR) is 79.1 cm³/mol. The van der Waals surface area contributed by atoms with Crippen molar-refractivity contribution in [2.75, 3.05) is 7.05 Å². The number of hydrogen-bond donors (Lipinski definition) is 1. The van der Waals surface area contributed by atoms with E-state index in [2.05, 4.69) is 21.8 Å². The van der Waals surface area contributed by atoms with Crippen LogP contribution in [0.1, 0.15) is 24.7 Å². The monoisotopic (exact) mass is 293 g/mol. The molecule has 0 spiro atoms. The highest BCUT2D eigenvalue weighted by Gasteiger charge is 2.17.